The van der Waals surface area contributed by atoms with Crippen molar-refractivity contribution in [2.45, 2.75) is 123 Å². The number of ketones is 1. The second-order valence-electron chi connectivity index (χ2n) is 7.95. The van der Waals surface area contributed by atoms with Crippen LogP contribution in [-0.2, 0) is 9.59 Å². The zero-order valence-electron chi connectivity index (χ0n) is 20.0. The van der Waals surface area contributed by atoms with Crippen molar-refractivity contribution in [2.24, 2.45) is 0 Å². The normalized spacial score (nSPS) is 10.2. The van der Waals surface area contributed by atoms with E-state index in [4.69, 9.17) is 20.4 Å². The lowest BCUT2D eigenvalue weighted by molar-refractivity contribution is -0.305. The lowest BCUT2D eigenvalue weighted by Crippen LogP contribution is -2.21. The van der Waals surface area contributed by atoms with Gasteiger partial charge in [0.2, 0.25) is 0 Å². The molecule has 7 heteroatoms. The average Bonchev–Trinajstić information content (AvgIpc) is 2.76. The lowest BCUT2D eigenvalue weighted by Gasteiger charge is -2.04. The number of hydrogen-bond donors (Lipinski definition) is 4. The van der Waals surface area contributed by atoms with Gasteiger partial charge in [0.05, 0.1) is 13.2 Å². The smallest absolute Gasteiger partial charge is 0.155 e. The molecule has 0 spiro atoms. The van der Waals surface area contributed by atoms with Gasteiger partial charge in [-0.2, -0.15) is 0 Å². The van der Waals surface area contributed by atoms with Crippen LogP contribution < -0.4 is 5.11 Å². The zero-order valence-corrected chi connectivity index (χ0v) is 20.0. The SMILES string of the molecule is CC(=O)CO.CCCCCCCCCCCCCCCCCC(=O)[O-].OCC(O)CO. The first-order valence-electron chi connectivity index (χ1n) is 12.0. The molecule has 0 heterocycles. The molecule has 0 aliphatic heterocycles. The van der Waals surface area contributed by atoms with E-state index in [-0.39, 0.29) is 32.0 Å². The molecule has 0 aliphatic carbocycles. The highest BCUT2D eigenvalue weighted by molar-refractivity contribution is 5.76. The van der Waals surface area contributed by atoms with Gasteiger partial charge in [0, 0.05) is 5.97 Å². The fourth-order valence-electron chi connectivity index (χ4n) is 2.70. The van der Waals surface area contributed by atoms with Crippen molar-refractivity contribution < 1.29 is 35.1 Å². The van der Waals surface area contributed by atoms with Gasteiger partial charge >= 0.3 is 0 Å². The summed E-state index contributed by atoms with van der Waals surface area (Å²) in [5.74, 6) is -1.09. The Morgan fingerprint density at radius 2 is 0.968 bits per heavy atom. The standard InChI is InChI=1S/C18H36O2.C3H8O3.C3H6O2/c1-2-3-4-5-6-7-8-9-10-11-12-13-14-15-16-17-18(19)20;4-1-3(6)2-5;1-3(5)2-4/h2-17H2,1H3,(H,19,20);3-6H,1-2H2;4H,2H2,1H3/p-1. The van der Waals surface area contributed by atoms with Crippen LogP contribution in [-0.4, -0.2) is 58.1 Å². The molecule has 0 aromatic carbocycles. The van der Waals surface area contributed by atoms with Crippen LogP contribution in [0.4, 0.5) is 0 Å². The Hall–Kier alpha value is -1.02. The van der Waals surface area contributed by atoms with Crippen LogP contribution in [0.2, 0.25) is 0 Å². The van der Waals surface area contributed by atoms with Gasteiger partial charge in [0.1, 0.15) is 12.7 Å². The molecule has 0 saturated heterocycles. The highest BCUT2D eigenvalue weighted by Crippen LogP contribution is 2.13. The Morgan fingerprint density at radius 3 is 1.16 bits per heavy atom. The summed E-state index contributed by atoms with van der Waals surface area (Å²) in [6, 6.07) is 0. The first-order valence-corrected chi connectivity index (χ1v) is 12.0. The van der Waals surface area contributed by atoms with Crippen molar-refractivity contribution in [3.05, 3.63) is 0 Å². The third kappa shape index (κ3) is 43.7. The first kappa shape index (κ1) is 34.6. The molecule has 0 aromatic heterocycles. The maximum absolute atomic E-state index is 10.2. The number of aliphatic carboxylic acids is 1. The van der Waals surface area contributed by atoms with Gasteiger partial charge in [0.15, 0.2) is 5.78 Å². The maximum Gasteiger partial charge on any atom is 0.155 e. The minimum absolute atomic E-state index is 0.190. The zero-order chi connectivity index (χ0) is 24.2. The van der Waals surface area contributed by atoms with Gasteiger partial charge in [-0.3, -0.25) is 4.79 Å². The summed E-state index contributed by atoms with van der Waals surface area (Å²) in [4.78, 5) is 19.8. The van der Waals surface area contributed by atoms with Crippen LogP contribution in [0.15, 0.2) is 0 Å². The summed E-state index contributed by atoms with van der Waals surface area (Å²) in [6.07, 6.45) is 18.9. The highest BCUT2D eigenvalue weighted by atomic mass is 16.4. The van der Waals surface area contributed by atoms with Crippen molar-refractivity contribution in [3.8, 4) is 0 Å². The van der Waals surface area contributed by atoms with E-state index in [0.29, 0.717) is 0 Å². The first-order chi connectivity index (χ1) is 14.8. The number of carbonyl (C=O) groups excluding carboxylic acids is 2. The molecule has 0 atom stereocenters. The summed E-state index contributed by atoms with van der Waals surface area (Å²) in [6.45, 7) is 2.54. The molecule has 4 N–H and O–H groups in total. The third-order valence-corrected chi connectivity index (χ3v) is 4.63. The molecule has 0 rings (SSSR count). The van der Waals surface area contributed by atoms with E-state index in [0.717, 1.165) is 12.8 Å². The van der Waals surface area contributed by atoms with Gasteiger partial charge in [-0.1, -0.05) is 96.8 Å². The van der Waals surface area contributed by atoms with Crippen LogP contribution in [0, 0.1) is 0 Å². The monoisotopic (exact) mass is 449 g/mol. The molecule has 0 saturated carbocycles. The molecular weight excluding hydrogens is 400 g/mol. The molecule has 7 nitrogen and oxygen atoms in total. The lowest BCUT2D eigenvalue weighted by atomic mass is 10.0. The van der Waals surface area contributed by atoms with Crippen molar-refractivity contribution in [1.29, 1.82) is 0 Å². The van der Waals surface area contributed by atoms with Gasteiger partial charge in [0.25, 0.3) is 0 Å². The van der Waals surface area contributed by atoms with Crippen molar-refractivity contribution in [3.63, 3.8) is 0 Å². The van der Waals surface area contributed by atoms with E-state index in [1.165, 1.54) is 90.4 Å². The molecule has 188 valence electrons. The molecule has 0 radical (unpaired) electrons. The van der Waals surface area contributed by atoms with Crippen LogP contribution >= 0.6 is 0 Å². The predicted molar refractivity (Wildman–Crippen MR) is 122 cm³/mol. The molecule has 31 heavy (non-hydrogen) atoms. The van der Waals surface area contributed by atoms with Crippen LogP contribution in [0.3, 0.4) is 0 Å². The molecule has 0 amide bonds. The van der Waals surface area contributed by atoms with E-state index in [9.17, 15) is 14.7 Å². The number of hydrogen-bond acceptors (Lipinski definition) is 7. The fraction of sp³-hybridized carbons (Fsp3) is 0.917. The average molecular weight is 450 g/mol. The van der Waals surface area contributed by atoms with Crippen LogP contribution in [0.1, 0.15) is 117 Å². The maximum atomic E-state index is 10.2. The van der Waals surface area contributed by atoms with E-state index in [1.807, 2.05) is 0 Å². The predicted octanol–water partition coefficient (Wildman–Crippen LogP) is 2.90. The summed E-state index contributed by atoms with van der Waals surface area (Å²) < 4.78 is 0. The third-order valence-electron chi connectivity index (χ3n) is 4.63. The summed E-state index contributed by atoms with van der Waals surface area (Å²) in [7, 11) is 0. The number of Topliss-reactive ketones (excluding diaryl/α,β-unsaturated/α-hetero) is 1. The van der Waals surface area contributed by atoms with Gasteiger partial charge in [-0.25, -0.2) is 0 Å². The molecule has 0 unspecified atom stereocenters. The van der Waals surface area contributed by atoms with Crippen molar-refractivity contribution in [2.75, 3.05) is 19.8 Å². The van der Waals surface area contributed by atoms with Crippen molar-refractivity contribution in [1.82, 2.24) is 0 Å². The highest BCUT2D eigenvalue weighted by Gasteiger charge is 1.95. The number of unbranched alkanes of at least 4 members (excludes halogenated alkanes) is 14. The number of carboxylic acids is 1. The molecule has 0 bridgehead atoms. The summed E-state index contributed by atoms with van der Waals surface area (Å²) >= 11 is 0. The minimum Gasteiger partial charge on any atom is -0.550 e. The van der Waals surface area contributed by atoms with Gasteiger partial charge < -0.3 is 30.3 Å². The number of rotatable bonds is 19. The van der Waals surface area contributed by atoms with E-state index < -0.39 is 12.1 Å². The fourth-order valence-corrected chi connectivity index (χ4v) is 2.70. The van der Waals surface area contributed by atoms with Crippen LogP contribution in [0.25, 0.3) is 0 Å². The molecule has 0 aromatic rings. The van der Waals surface area contributed by atoms with Crippen molar-refractivity contribution >= 4 is 11.8 Å². The minimum atomic E-state index is -0.954. The van der Waals surface area contributed by atoms with Crippen LogP contribution in [0.5, 0.6) is 0 Å². The Morgan fingerprint density at radius 1 is 0.677 bits per heavy atom. The van der Waals surface area contributed by atoms with E-state index >= 15 is 0 Å². The molecule has 0 fully saturated rings. The van der Waals surface area contributed by atoms with Gasteiger partial charge in [-0.15, -0.1) is 0 Å². The number of carboxylic acid groups (broad SMARTS) is 1. The second kappa shape index (κ2) is 31.2. The molecular formula is C24H49O7-. The molecule has 0 aliphatic rings. The summed E-state index contributed by atoms with van der Waals surface area (Å²) in [5, 5.41) is 42.0. The van der Waals surface area contributed by atoms with E-state index in [2.05, 4.69) is 6.92 Å². The largest absolute Gasteiger partial charge is 0.550 e. The topological polar surface area (TPSA) is 138 Å². The Bertz CT molecular complexity index is 358. The van der Waals surface area contributed by atoms with E-state index in [1.54, 1.807) is 0 Å². The summed E-state index contributed by atoms with van der Waals surface area (Å²) in [5.41, 5.74) is 0. The quantitative estimate of drug-likeness (QED) is 0.222. The Labute approximate surface area is 189 Å². The second-order valence-corrected chi connectivity index (χ2v) is 7.95. The Balaban J connectivity index is -0.000000583. The number of carbonyl (C=O) groups is 2. The van der Waals surface area contributed by atoms with Gasteiger partial charge in [-0.05, 0) is 19.8 Å². The number of aliphatic hydroxyl groups is 4. The number of aliphatic hydroxyl groups excluding tert-OH is 4. The Kier molecular flexibility index (Phi) is 34.8.